The van der Waals surface area contributed by atoms with Gasteiger partial charge in [-0.3, -0.25) is 0 Å². The van der Waals surface area contributed by atoms with Gasteiger partial charge in [0.05, 0.1) is 17.3 Å². The third-order valence-electron chi connectivity index (χ3n) is 6.79. The number of aromatic nitrogens is 4. The minimum atomic E-state index is -0.274. The van der Waals surface area contributed by atoms with Gasteiger partial charge in [-0.05, 0) is 67.1 Å². The largest absolute Gasteiger partial charge is 0.341 e. The van der Waals surface area contributed by atoms with Crippen molar-refractivity contribution in [3.63, 3.8) is 0 Å². The summed E-state index contributed by atoms with van der Waals surface area (Å²) in [5.74, 6) is 1.72. The normalized spacial score (nSPS) is 14.3. The van der Waals surface area contributed by atoms with Crippen LogP contribution in [0.1, 0.15) is 18.4 Å². The summed E-state index contributed by atoms with van der Waals surface area (Å²) in [6.45, 7) is 1.80. The zero-order valence-corrected chi connectivity index (χ0v) is 19.9. The molecule has 6 nitrogen and oxygen atoms in total. The van der Waals surface area contributed by atoms with Crippen molar-refractivity contribution in [2.24, 2.45) is 5.92 Å². The number of nitrogens with one attached hydrogen (secondary N) is 1. The summed E-state index contributed by atoms with van der Waals surface area (Å²) in [5.41, 5.74) is 3.83. The molecule has 0 radical (unpaired) electrons. The molecule has 7 heteroatoms. The summed E-state index contributed by atoms with van der Waals surface area (Å²) in [4.78, 5) is 12.2. The van der Waals surface area contributed by atoms with Crippen molar-refractivity contribution in [2.75, 3.05) is 23.3 Å². The van der Waals surface area contributed by atoms with Crippen LogP contribution in [0.15, 0.2) is 91.1 Å². The molecule has 180 valence electrons. The van der Waals surface area contributed by atoms with Crippen LogP contribution in [-0.4, -0.2) is 32.8 Å². The molecule has 0 unspecified atom stereocenters. The van der Waals surface area contributed by atoms with Crippen LogP contribution in [0.25, 0.3) is 16.7 Å². The second kappa shape index (κ2) is 9.77. The standard InChI is InChI=1S/C29H27FN6/c30-23-11-13-24(14-12-23)32-27-26-20-31-36(25-9-5-2-6-10-25)28(26)34-29(33-27)35-17-15-22(16-18-35)19-21-7-3-1-4-8-21/h1-14,20,22H,15-19H2,(H,32,33,34). The Morgan fingerprint density at radius 2 is 1.53 bits per heavy atom. The number of fused-ring (bicyclic) bond motifs is 1. The Labute approximate surface area is 209 Å². The second-order valence-corrected chi connectivity index (χ2v) is 9.25. The molecule has 0 bridgehead atoms. The quantitative estimate of drug-likeness (QED) is 0.317. The van der Waals surface area contributed by atoms with Gasteiger partial charge in [-0.2, -0.15) is 15.1 Å². The minimum absolute atomic E-state index is 0.274. The monoisotopic (exact) mass is 478 g/mol. The van der Waals surface area contributed by atoms with Gasteiger partial charge in [0.15, 0.2) is 5.65 Å². The fourth-order valence-electron chi connectivity index (χ4n) is 4.85. The molecule has 1 saturated heterocycles. The van der Waals surface area contributed by atoms with E-state index in [4.69, 9.17) is 9.97 Å². The molecule has 5 aromatic rings. The number of anilines is 3. The predicted octanol–water partition coefficient (Wildman–Crippen LogP) is 6.16. The number of rotatable bonds is 6. The second-order valence-electron chi connectivity index (χ2n) is 9.25. The Hall–Kier alpha value is -4.26. The Morgan fingerprint density at radius 1 is 0.833 bits per heavy atom. The SMILES string of the molecule is Fc1ccc(Nc2nc(N3CCC(Cc4ccccc4)CC3)nc3c2cnn3-c2ccccc2)cc1. The third-order valence-corrected chi connectivity index (χ3v) is 6.79. The summed E-state index contributed by atoms with van der Waals surface area (Å²) < 4.78 is 15.3. The Balaban J connectivity index is 1.31. The molecule has 0 atom stereocenters. The highest BCUT2D eigenvalue weighted by atomic mass is 19.1. The van der Waals surface area contributed by atoms with Gasteiger partial charge in [-0.1, -0.05) is 48.5 Å². The molecule has 0 aliphatic carbocycles. The molecule has 1 aliphatic heterocycles. The van der Waals surface area contributed by atoms with Crippen molar-refractivity contribution in [1.29, 1.82) is 0 Å². The van der Waals surface area contributed by atoms with E-state index < -0.39 is 0 Å². The lowest BCUT2D eigenvalue weighted by molar-refractivity contribution is 0.401. The fraction of sp³-hybridized carbons (Fsp3) is 0.207. The number of nitrogens with zero attached hydrogens (tertiary/aromatic N) is 5. The fourth-order valence-corrected chi connectivity index (χ4v) is 4.85. The van der Waals surface area contributed by atoms with E-state index >= 15 is 0 Å². The van der Waals surface area contributed by atoms with Gasteiger partial charge in [-0.15, -0.1) is 0 Å². The van der Waals surface area contributed by atoms with Crippen molar-refractivity contribution in [1.82, 2.24) is 19.7 Å². The first-order valence-electron chi connectivity index (χ1n) is 12.4. The van der Waals surface area contributed by atoms with Crippen molar-refractivity contribution in [3.05, 3.63) is 103 Å². The van der Waals surface area contributed by atoms with E-state index in [-0.39, 0.29) is 5.82 Å². The van der Waals surface area contributed by atoms with Gasteiger partial charge in [-0.25, -0.2) is 9.07 Å². The zero-order chi connectivity index (χ0) is 24.3. The maximum atomic E-state index is 13.5. The van der Waals surface area contributed by atoms with Crippen LogP contribution in [-0.2, 0) is 6.42 Å². The summed E-state index contributed by atoms with van der Waals surface area (Å²) in [5, 5.41) is 8.80. The first-order valence-corrected chi connectivity index (χ1v) is 12.4. The van der Waals surface area contributed by atoms with Gasteiger partial charge in [0.2, 0.25) is 5.95 Å². The van der Waals surface area contributed by atoms with E-state index in [1.54, 1.807) is 18.3 Å². The van der Waals surface area contributed by atoms with Crippen LogP contribution < -0.4 is 10.2 Å². The van der Waals surface area contributed by atoms with E-state index in [0.717, 1.165) is 54.8 Å². The predicted molar refractivity (Wildman–Crippen MR) is 141 cm³/mol. The summed E-state index contributed by atoms with van der Waals surface area (Å²) in [6, 6.07) is 27.0. The van der Waals surface area contributed by atoms with E-state index in [1.807, 2.05) is 35.0 Å². The van der Waals surface area contributed by atoms with E-state index in [2.05, 4.69) is 45.6 Å². The lowest BCUT2D eigenvalue weighted by Crippen LogP contribution is -2.35. The van der Waals surface area contributed by atoms with Crippen LogP contribution >= 0.6 is 0 Å². The topological polar surface area (TPSA) is 58.9 Å². The number of para-hydroxylation sites is 1. The molecule has 6 rings (SSSR count). The van der Waals surface area contributed by atoms with Crippen molar-refractivity contribution in [3.8, 4) is 5.69 Å². The smallest absolute Gasteiger partial charge is 0.229 e. The molecule has 1 N–H and O–H groups in total. The van der Waals surface area contributed by atoms with Crippen molar-refractivity contribution in [2.45, 2.75) is 19.3 Å². The van der Waals surface area contributed by atoms with E-state index in [1.165, 1.54) is 17.7 Å². The molecule has 3 aromatic carbocycles. The highest BCUT2D eigenvalue weighted by Crippen LogP contribution is 2.30. The summed E-state index contributed by atoms with van der Waals surface area (Å²) >= 11 is 0. The van der Waals surface area contributed by atoms with Crippen LogP contribution in [0.5, 0.6) is 0 Å². The summed E-state index contributed by atoms with van der Waals surface area (Å²) in [7, 11) is 0. The number of hydrogen-bond acceptors (Lipinski definition) is 5. The average Bonchev–Trinajstić information content (AvgIpc) is 3.36. The van der Waals surface area contributed by atoms with Gasteiger partial charge >= 0.3 is 0 Å². The van der Waals surface area contributed by atoms with Gasteiger partial charge in [0, 0.05) is 18.8 Å². The Kier molecular flexibility index (Phi) is 6.03. The molecule has 36 heavy (non-hydrogen) atoms. The minimum Gasteiger partial charge on any atom is -0.341 e. The van der Waals surface area contributed by atoms with Crippen LogP contribution in [0.3, 0.4) is 0 Å². The maximum Gasteiger partial charge on any atom is 0.229 e. The first-order chi connectivity index (χ1) is 17.7. The lowest BCUT2D eigenvalue weighted by Gasteiger charge is -2.32. The molecule has 0 spiro atoms. The number of halogens is 1. The maximum absolute atomic E-state index is 13.5. The van der Waals surface area contributed by atoms with Crippen LogP contribution in [0.4, 0.5) is 21.8 Å². The van der Waals surface area contributed by atoms with E-state index in [0.29, 0.717) is 17.7 Å². The van der Waals surface area contributed by atoms with Crippen LogP contribution in [0, 0.1) is 11.7 Å². The van der Waals surface area contributed by atoms with Crippen molar-refractivity contribution >= 4 is 28.5 Å². The Morgan fingerprint density at radius 3 is 2.25 bits per heavy atom. The molecule has 1 fully saturated rings. The summed E-state index contributed by atoms with van der Waals surface area (Å²) in [6.07, 6.45) is 5.07. The molecule has 3 heterocycles. The molecule has 1 aliphatic rings. The lowest BCUT2D eigenvalue weighted by atomic mass is 9.90. The number of hydrogen-bond donors (Lipinski definition) is 1. The average molecular weight is 479 g/mol. The molecular weight excluding hydrogens is 451 g/mol. The molecule has 0 saturated carbocycles. The molecular formula is C29H27FN6. The van der Waals surface area contributed by atoms with Gasteiger partial charge in [0.1, 0.15) is 11.6 Å². The van der Waals surface area contributed by atoms with Crippen LogP contribution in [0.2, 0.25) is 0 Å². The highest BCUT2D eigenvalue weighted by molar-refractivity contribution is 5.90. The Bertz CT molecular complexity index is 1440. The van der Waals surface area contributed by atoms with E-state index in [9.17, 15) is 4.39 Å². The number of piperidine rings is 1. The number of benzene rings is 3. The molecule has 2 aromatic heterocycles. The third kappa shape index (κ3) is 4.64. The van der Waals surface area contributed by atoms with Crippen molar-refractivity contribution < 1.29 is 4.39 Å². The molecule has 0 amide bonds. The highest BCUT2D eigenvalue weighted by Gasteiger charge is 2.23. The first kappa shape index (κ1) is 22.2. The zero-order valence-electron chi connectivity index (χ0n) is 19.9. The van der Waals surface area contributed by atoms with Gasteiger partial charge < -0.3 is 10.2 Å². The van der Waals surface area contributed by atoms with Gasteiger partial charge in [0.25, 0.3) is 0 Å².